The third-order valence-corrected chi connectivity index (χ3v) is 3.24. The van der Waals surface area contributed by atoms with Crippen LogP contribution in [0.5, 0.6) is 0 Å². The third-order valence-electron chi connectivity index (χ3n) is 3.24. The summed E-state index contributed by atoms with van der Waals surface area (Å²) in [5, 5.41) is 13.1. The molecule has 0 saturated carbocycles. The highest BCUT2D eigenvalue weighted by Gasteiger charge is 2.33. The fraction of sp³-hybridized carbons (Fsp3) is 0.286. The zero-order valence-corrected chi connectivity index (χ0v) is 11.4. The summed E-state index contributed by atoms with van der Waals surface area (Å²) in [6.07, 6.45) is -4.46. The standard InChI is InChI=1S/C14H13F3N2O2/c1-8-12(13(20)21)9(2)19(18-8)7-10-5-3-4-6-11(10)14(15,16)17/h3-6H,7H2,1-2H3,(H,20,21). The summed E-state index contributed by atoms with van der Waals surface area (Å²) in [4.78, 5) is 11.1. The van der Waals surface area contributed by atoms with Crippen LogP contribution in [0.25, 0.3) is 0 Å². The number of carboxylic acid groups (broad SMARTS) is 1. The molecule has 1 aromatic heterocycles. The first-order chi connectivity index (χ1) is 9.71. The smallest absolute Gasteiger partial charge is 0.416 e. The average molecular weight is 298 g/mol. The predicted octanol–water partition coefficient (Wildman–Crippen LogP) is 3.27. The summed E-state index contributed by atoms with van der Waals surface area (Å²) in [6, 6.07) is 5.18. The van der Waals surface area contributed by atoms with Crippen molar-refractivity contribution in [2.24, 2.45) is 0 Å². The Morgan fingerprint density at radius 1 is 1.29 bits per heavy atom. The highest BCUT2D eigenvalue weighted by molar-refractivity contribution is 5.90. The Labute approximate surface area is 118 Å². The molecular formula is C14H13F3N2O2. The van der Waals surface area contributed by atoms with Crippen molar-refractivity contribution in [1.82, 2.24) is 9.78 Å². The minimum atomic E-state index is -4.46. The molecule has 0 saturated heterocycles. The van der Waals surface area contributed by atoms with Gasteiger partial charge in [-0.05, 0) is 25.5 Å². The molecule has 0 aliphatic carbocycles. The summed E-state index contributed by atoms with van der Waals surface area (Å²) < 4.78 is 40.1. The topological polar surface area (TPSA) is 55.1 Å². The van der Waals surface area contributed by atoms with Gasteiger partial charge in [0.2, 0.25) is 0 Å². The number of benzene rings is 1. The largest absolute Gasteiger partial charge is 0.478 e. The van der Waals surface area contributed by atoms with Gasteiger partial charge in [-0.15, -0.1) is 0 Å². The first-order valence-electron chi connectivity index (χ1n) is 6.14. The minimum absolute atomic E-state index is 0.0273. The maximum absolute atomic E-state index is 12.9. The van der Waals surface area contributed by atoms with Gasteiger partial charge in [-0.1, -0.05) is 18.2 Å². The number of rotatable bonds is 3. The molecule has 1 aromatic carbocycles. The van der Waals surface area contributed by atoms with Crippen molar-refractivity contribution in [1.29, 1.82) is 0 Å². The second kappa shape index (κ2) is 5.23. The van der Waals surface area contributed by atoms with Gasteiger partial charge in [0, 0.05) is 0 Å². The number of carbonyl (C=O) groups is 1. The number of halogens is 3. The zero-order valence-electron chi connectivity index (χ0n) is 11.4. The molecule has 1 N–H and O–H groups in total. The normalized spacial score (nSPS) is 11.7. The van der Waals surface area contributed by atoms with Gasteiger partial charge in [-0.3, -0.25) is 4.68 Å². The summed E-state index contributed by atoms with van der Waals surface area (Å²) in [5.41, 5.74) is -0.0528. The lowest BCUT2D eigenvalue weighted by molar-refractivity contribution is -0.138. The lowest BCUT2D eigenvalue weighted by atomic mass is 10.1. The second-order valence-electron chi connectivity index (χ2n) is 4.66. The van der Waals surface area contributed by atoms with Gasteiger partial charge in [0.25, 0.3) is 0 Å². The Bertz CT molecular complexity index is 690. The molecule has 0 atom stereocenters. The van der Waals surface area contributed by atoms with Crippen molar-refractivity contribution in [3.05, 3.63) is 52.3 Å². The molecule has 0 unspecified atom stereocenters. The van der Waals surface area contributed by atoms with E-state index in [1.54, 1.807) is 0 Å². The van der Waals surface area contributed by atoms with Crippen LogP contribution >= 0.6 is 0 Å². The van der Waals surface area contributed by atoms with Crippen LogP contribution in [0.4, 0.5) is 13.2 Å². The van der Waals surface area contributed by atoms with Crippen molar-refractivity contribution < 1.29 is 23.1 Å². The Kier molecular flexibility index (Phi) is 3.76. The number of aromatic nitrogens is 2. The molecule has 2 rings (SSSR count). The van der Waals surface area contributed by atoms with Crippen LogP contribution < -0.4 is 0 Å². The van der Waals surface area contributed by atoms with E-state index >= 15 is 0 Å². The molecule has 0 fully saturated rings. The van der Waals surface area contributed by atoms with E-state index in [9.17, 15) is 18.0 Å². The zero-order chi connectivity index (χ0) is 15.8. The lowest BCUT2D eigenvalue weighted by Gasteiger charge is -2.13. The minimum Gasteiger partial charge on any atom is -0.478 e. The molecule has 0 aliphatic rings. The van der Waals surface area contributed by atoms with Gasteiger partial charge in [0.1, 0.15) is 5.56 Å². The van der Waals surface area contributed by atoms with Crippen LogP contribution in [0, 0.1) is 13.8 Å². The quantitative estimate of drug-likeness (QED) is 0.946. The van der Waals surface area contributed by atoms with Crippen LogP contribution in [0.15, 0.2) is 24.3 Å². The number of aromatic carboxylic acids is 1. The SMILES string of the molecule is Cc1nn(Cc2ccccc2C(F)(F)F)c(C)c1C(=O)O. The van der Waals surface area contributed by atoms with E-state index in [-0.39, 0.29) is 23.4 Å². The molecule has 4 nitrogen and oxygen atoms in total. The lowest BCUT2D eigenvalue weighted by Crippen LogP contribution is -2.13. The summed E-state index contributed by atoms with van der Waals surface area (Å²) in [6.45, 7) is 2.91. The fourth-order valence-electron chi connectivity index (χ4n) is 2.26. The van der Waals surface area contributed by atoms with E-state index in [0.717, 1.165) is 6.07 Å². The average Bonchev–Trinajstić information content (AvgIpc) is 2.63. The van der Waals surface area contributed by atoms with E-state index in [4.69, 9.17) is 5.11 Å². The maximum Gasteiger partial charge on any atom is 0.416 e. The van der Waals surface area contributed by atoms with Crippen molar-refractivity contribution in [3.8, 4) is 0 Å². The number of hydrogen-bond acceptors (Lipinski definition) is 2. The molecule has 0 amide bonds. The number of nitrogens with zero attached hydrogens (tertiary/aromatic N) is 2. The first-order valence-corrected chi connectivity index (χ1v) is 6.14. The van der Waals surface area contributed by atoms with Crippen LogP contribution in [0.2, 0.25) is 0 Å². The predicted molar refractivity (Wildman–Crippen MR) is 69.2 cm³/mol. The van der Waals surface area contributed by atoms with Crippen LogP contribution in [-0.4, -0.2) is 20.9 Å². The number of aryl methyl sites for hydroxylation is 1. The van der Waals surface area contributed by atoms with Crippen LogP contribution in [0.3, 0.4) is 0 Å². The van der Waals surface area contributed by atoms with Crippen molar-refractivity contribution in [3.63, 3.8) is 0 Å². The fourth-order valence-corrected chi connectivity index (χ4v) is 2.26. The van der Waals surface area contributed by atoms with E-state index in [0.29, 0.717) is 5.69 Å². The first kappa shape index (κ1) is 15.1. The summed E-state index contributed by atoms with van der Waals surface area (Å²) >= 11 is 0. The summed E-state index contributed by atoms with van der Waals surface area (Å²) in [5.74, 6) is -1.14. The van der Waals surface area contributed by atoms with Crippen LogP contribution in [0.1, 0.15) is 32.9 Å². The van der Waals surface area contributed by atoms with Crippen LogP contribution in [-0.2, 0) is 12.7 Å². The highest BCUT2D eigenvalue weighted by atomic mass is 19.4. The van der Waals surface area contributed by atoms with E-state index in [2.05, 4.69) is 5.10 Å². The molecule has 112 valence electrons. The van der Waals surface area contributed by atoms with Gasteiger partial charge < -0.3 is 5.11 Å². The van der Waals surface area contributed by atoms with E-state index in [1.165, 1.54) is 36.7 Å². The maximum atomic E-state index is 12.9. The van der Waals surface area contributed by atoms with Gasteiger partial charge in [0.05, 0.1) is 23.5 Å². The van der Waals surface area contributed by atoms with Crippen molar-refractivity contribution in [2.45, 2.75) is 26.6 Å². The van der Waals surface area contributed by atoms with Crippen molar-refractivity contribution >= 4 is 5.97 Å². The van der Waals surface area contributed by atoms with E-state index in [1.807, 2.05) is 0 Å². The molecule has 2 aromatic rings. The second-order valence-corrected chi connectivity index (χ2v) is 4.66. The number of hydrogen-bond donors (Lipinski definition) is 1. The number of alkyl halides is 3. The van der Waals surface area contributed by atoms with E-state index < -0.39 is 17.7 Å². The Morgan fingerprint density at radius 2 is 1.90 bits per heavy atom. The Morgan fingerprint density at radius 3 is 2.43 bits per heavy atom. The molecule has 0 bridgehead atoms. The molecule has 0 radical (unpaired) electrons. The van der Waals surface area contributed by atoms with Gasteiger partial charge >= 0.3 is 12.1 Å². The molecule has 1 heterocycles. The van der Waals surface area contributed by atoms with Gasteiger partial charge in [-0.25, -0.2) is 4.79 Å². The molecule has 0 aliphatic heterocycles. The third kappa shape index (κ3) is 2.91. The number of carboxylic acids is 1. The highest BCUT2D eigenvalue weighted by Crippen LogP contribution is 2.32. The monoisotopic (exact) mass is 298 g/mol. The summed E-state index contributed by atoms with van der Waals surface area (Å²) in [7, 11) is 0. The van der Waals surface area contributed by atoms with Gasteiger partial charge in [-0.2, -0.15) is 18.3 Å². The molecule has 21 heavy (non-hydrogen) atoms. The molecule has 0 spiro atoms. The Balaban J connectivity index is 2.45. The molecular weight excluding hydrogens is 285 g/mol. The van der Waals surface area contributed by atoms with Crippen molar-refractivity contribution in [2.75, 3.05) is 0 Å². The van der Waals surface area contributed by atoms with Gasteiger partial charge in [0.15, 0.2) is 0 Å². The molecule has 7 heteroatoms. The Hall–Kier alpha value is -2.31.